The first kappa shape index (κ1) is 14.9. The van der Waals surface area contributed by atoms with Gasteiger partial charge in [-0.1, -0.05) is 12.1 Å². The molecule has 0 saturated carbocycles. The molecule has 3 amide bonds. The third-order valence-electron chi connectivity index (χ3n) is 3.62. The van der Waals surface area contributed by atoms with Crippen LogP contribution >= 0.6 is 0 Å². The standard InChI is InChI=1S/C15H17N5O3/c1-16-15(22)17-12-9-13-19(7-8-20(13)18-12)14(21)10-5-3-4-6-11(10)23-2/h3-6,9H,7-8H2,1-2H3,(H2,16,17,18,22). The number of urea groups is 1. The number of carbonyl (C=O) groups excluding carboxylic acids is 2. The molecule has 0 aliphatic carbocycles. The zero-order valence-corrected chi connectivity index (χ0v) is 12.9. The van der Waals surface area contributed by atoms with Gasteiger partial charge in [0.25, 0.3) is 5.91 Å². The maximum absolute atomic E-state index is 12.8. The van der Waals surface area contributed by atoms with Gasteiger partial charge in [0.15, 0.2) is 5.82 Å². The number of anilines is 2. The molecule has 0 unspecified atom stereocenters. The summed E-state index contributed by atoms with van der Waals surface area (Å²) in [5.74, 6) is 1.41. The zero-order chi connectivity index (χ0) is 16.4. The lowest BCUT2D eigenvalue weighted by Gasteiger charge is -2.16. The Labute approximate surface area is 133 Å². The highest BCUT2D eigenvalue weighted by Gasteiger charge is 2.29. The molecule has 120 valence electrons. The van der Waals surface area contributed by atoms with Gasteiger partial charge in [0, 0.05) is 19.7 Å². The Morgan fingerprint density at radius 2 is 2.04 bits per heavy atom. The summed E-state index contributed by atoms with van der Waals surface area (Å²) in [4.78, 5) is 25.8. The third-order valence-corrected chi connectivity index (χ3v) is 3.62. The van der Waals surface area contributed by atoms with Crippen molar-refractivity contribution in [3.8, 4) is 5.75 Å². The summed E-state index contributed by atoms with van der Waals surface area (Å²) in [6.07, 6.45) is 0. The van der Waals surface area contributed by atoms with Crippen LogP contribution in [0.15, 0.2) is 30.3 Å². The maximum Gasteiger partial charge on any atom is 0.320 e. The van der Waals surface area contributed by atoms with Crippen molar-refractivity contribution < 1.29 is 14.3 Å². The van der Waals surface area contributed by atoms with Crippen molar-refractivity contribution in [1.29, 1.82) is 0 Å². The van der Waals surface area contributed by atoms with Crippen LogP contribution in [0.1, 0.15) is 10.4 Å². The van der Waals surface area contributed by atoms with Crippen molar-refractivity contribution >= 4 is 23.6 Å². The van der Waals surface area contributed by atoms with E-state index in [1.54, 1.807) is 33.8 Å². The summed E-state index contributed by atoms with van der Waals surface area (Å²) in [6.45, 7) is 1.10. The van der Waals surface area contributed by atoms with Gasteiger partial charge in [-0.3, -0.25) is 15.0 Å². The number of aromatic nitrogens is 2. The van der Waals surface area contributed by atoms with E-state index in [9.17, 15) is 9.59 Å². The highest BCUT2D eigenvalue weighted by atomic mass is 16.5. The summed E-state index contributed by atoms with van der Waals surface area (Å²) in [7, 11) is 3.06. The number of benzene rings is 1. The highest BCUT2D eigenvalue weighted by Crippen LogP contribution is 2.28. The molecule has 1 aromatic carbocycles. The van der Waals surface area contributed by atoms with Crippen molar-refractivity contribution in [2.75, 3.05) is 30.9 Å². The Kier molecular flexibility index (Phi) is 3.88. The van der Waals surface area contributed by atoms with Crippen LogP contribution in [-0.2, 0) is 6.54 Å². The fourth-order valence-electron chi connectivity index (χ4n) is 2.51. The molecule has 1 aromatic heterocycles. The number of methoxy groups -OCH3 is 1. The number of para-hydroxylation sites is 1. The van der Waals surface area contributed by atoms with Crippen LogP contribution < -0.4 is 20.3 Å². The van der Waals surface area contributed by atoms with E-state index in [2.05, 4.69) is 15.7 Å². The quantitative estimate of drug-likeness (QED) is 0.893. The second-order valence-corrected chi connectivity index (χ2v) is 4.97. The van der Waals surface area contributed by atoms with Crippen LogP contribution in [0.4, 0.5) is 16.4 Å². The lowest BCUT2D eigenvalue weighted by molar-refractivity contribution is 0.0986. The fraction of sp³-hybridized carbons (Fsp3) is 0.267. The number of ether oxygens (including phenoxy) is 1. The van der Waals surface area contributed by atoms with Crippen LogP contribution in [-0.4, -0.2) is 42.4 Å². The van der Waals surface area contributed by atoms with Crippen LogP contribution in [0.25, 0.3) is 0 Å². The minimum Gasteiger partial charge on any atom is -0.496 e. The summed E-state index contributed by atoms with van der Waals surface area (Å²) < 4.78 is 6.94. The molecule has 2 aromatic rings. The molecule has 2 heterocycles. The smallest absolute Gasteiger partial charge is 0.320 e. The number of hydrogen-bond donors (Lipinski definition) is 2. The lowest BCUT2D eigenvalue weighted by Crippen LogP contribution is -2.29. The van der Waals surface area contributed by atoms with E-state index < -0.39 is 0 Å². The molecular weight excluding hydrogens is 298 g/mol. The van der Waals surface area contributed by atoms with Gasteiger partial charge in [-0.15, -0.1) is 0 Å². The summed E-state index contributed by atoms with van der Waals surface area (Å²) in [6, 6.07) is 8.40. The topological polar surface area (TPSA) is 88.5 Å². The third kappa shape index (κ3) is 2.70. The van der Waals surface area contributed by atoms with E-state index >= 15 is 0 Å². The van der Waals surface area contributed by atoms with Gasteiger partial charge < -0.3 is 10.1 Å². The summed E-state index contributed by atoms with van der Waals surface area (Å²) in [5.41, 5.74) is 0.491. The molecule has 1 aliphatic rings. The predicted molar refractivity (Wildman–Crippen MR) is 85.0 cm³/mol. The number of amides is 3. The lowest BCUT2D eigenvalue weighted by atomic mass is 10.1. The van der Waals surface area contributed by atoms with Crippen molar-refractivity contribution in [3.05, 3.63) is 35.9 Å². The molecule has 0 fully saturated rings. The molecule has 2 N–H and O–H groups in total. The monoisotopic (exact) mass is 315 g/mol. The molecule has 0 spiro atoms. The van der Waals surface area contributed by atoms with Gasteiger partial charge >= 0.3 is 6.03 Å². The Morgan fingerprint density at radius 3 is 2.78 bits per heavy atom. The molecule has 0 atom stereocenters. The first-order chi connectivity index (χ1) is 11.1. The summed E-state index contributed by atoms with van der Waals surface area (Å²) >= 11 is 0. The van der Waals surface area contributed by atoms with Crippen molar-refractivity contribution in [2.45, 2.75) is 6.54 Å². The van der Waals surface area contributed by atoms with E-state index in [1.807, 2.05) is 6.07 Å². The van der Waals surface area contributed by atoms with E-state index in [0.29, 0.717) is 36.0 Å². The minimum atomic E-state index is -0.357. The largest absolute Gasteiger partial charge is 0.496 e. The number of hydrogen-bond acceptors (Lipinski definition) is 4. The SMILES string of the molecule is CNC(=O)Nc1cc2n(n1)CCN2C(=O)c1ccccc1OC. The Balaban J connectivity index is 1.87. The number of carbonyl (C=O) groups is 2. The Morgan fingerprint density at radius 1 is 1.26 bits per heavy atom. The van der Waals surface area contributed by atoms with E-state index in [0.717, 1.165) is 0 Å². The average molecular weight is 315 g/mol. The van der Waals surface area contributed by atoms with Crippen molar-refractivity contribution in [3.63, 3.8) is 0 Å². The minimum absolute atomic E-state index is 0.160. The van der Waals surface area contributed by atoms with E-state index in [-0.39, 0.29) is 11.9 Å². The molecule has 8 heteroatoms. The molecule has 3 rings (SSSR count). The first-order valence-electron chi connectivity index (χ1n) is 7.15. The van der Waals surface area contributed by atoms with Gasteiger partial charge in [0.1, 0.15) is 11.6 Å². The average Bonchev–Trinajstić information content (AvgIpc) is 3.13. The molecule has 23 heavy (non-hydrogen) atoms. The van der Waals surface area contributed by atoms with Crippen LogP contribution in [0.3, 0.4) is 0 Å². The second-order valence-electron chi connectivity index (χ2n) is 4.97. The van der Waals surface area contributed by atoms with Crippen LogP contribution in [0.2, 0.25) is 0 Å². The number of rotatable bonds is 3. The van der Waals surface area contributed by atoms with E-state index in [4.69, 9.17) is 4.74 Å². The Bertz CT molecular complexity index is 755. The summed E-state index contributed by atoms with van der Waals surface area (Å²) in [5, 5.41) is 9.32. The van der Waals surface area contributed by atoms with Gasteiger partial charge in [-0.25, -0.2) is 9.48 Å². The molecule has 8 nitrogen and oxygen atoms in total. The first-order valence-corrected chi connectivity index (χ1v) is 7.15. The molecule has 0 saturated heterocycles. The number of nitrogens with one attached hydrogen (secondary N) is 2. The van der Waals surface area contributed by atoms with Gasteiger partial charge in [0.05, 0.1) is 19.2 Å². The van der Waals surface area contributed by atoms with Gasteiger partial charge in [-0.2, -0.15) is 5.10 Å². The second kappa shape index (κ2) is 5.99. The fourth-order valence-corrected chi connectivity index (χ4v) is 2.51. The highest BCUT2D eigenvalue weighted by molar-refractivity contribution is 6.08. The molecule has 1 aliphatic heterocycles. The van der Waals surface area contributed by atoms with Gasteiger partial charge in [0.2, 0.25) is 0 Å². The van der Waals surface area contributed by atoms with Crippen molar-refractivity contribution in [2.24, 2.45) is 0 Å². The molecule has 0 bridgehead atoms. The van der Waals surface area contributed by atoms with E-state index in [1.165, 1.54) is 14.2 Å². The van der Waals surface area contributed by atoms with Crippen LogP contribution in [0.5, 0.6) is 5.75 Å². The van der Waals surface area contributed by atoms with Gasteiger partial charge in [-0.05, 0) is 12.1 Å². The number of nitrogens with zero attached hydrogens (tertiary/aromatic N) is 3. The normalized spacial score (nSPS) is 12.7. The predicted octanol–water partition coefficient (Wildman–Crippen LogP) is 1.30. The number of fused-ring (bicyclic) bond motifs is 1. The Hall–Kier alpha value is -3.03. The molecule has 0 radical (unpaired) electrons. The van der Waals surface area contributed by atoms with Crippen LogP contribution in [0, 0.1) is 0 Å². The molecular formula is C15H17N5O3. The van der Waals surface area contributed by atoms with Crippen molar-refractivity contribution in [1.82, 2.24) is 15.1 Å². The zero-order valence-electron chi connectivity index (χ0n) is 12.9. The maximum atomic E-state index is 12.8.